The maximum absolute atomic E-state index is 5.94. The maximum atomic E-state index is 5.94. The van der Waals surface area contributed by atoms with Crippen molar-refractivity contribution in [3.8, 4) is 5.75 Å². The molecule has 0 aliphatic heterocycles. The summed E-state index contributed by atoms with van der Waals surface area (Å²) in [5, 5.41) is 0. The zero-order chi connectivity index (χ0) is 15.9. The lowest BCUT2D eigenvalue weighted by Gasteiger charge is -2.22. The first kappa shape index (κ1) is 18.0. The molecule has 120 valence electrons. The summed E-state index contributed by atoms with van der Waals surface area (Å²) in [5.41, 5.74) is 7.92. The molecule has 4 nitrogen and oxygen atoms in total. The first-order valence-electron chi connectivity index (χ1n) is 7.53. The van der Waals surface area contributed by atoms with Crippen molar-refractivity contribution >= 4 is 0 Å². The topological polar surface area (TPSA) is 53.7 Å². The summed E-state index contributed by atoms with van der Waals surface area (Å²) in [6.07, 6.45) is 0.848. The lowest BCUT2D eigenvalue weighted by Crippen LogP contribution is -2.24. The van der Waals surface area contributed by atoms with Crippen LogP contribution in [0.1, 0.15) is 51.3 Å². The Morgan fingerprint density at radius 3 is 2.57 bits per heavy atom. The summed E-state index contributed by atoms with van der Waals surface area (Å²) in [6, 6.07) is 6.05. The van der Waals surface area contributed by atoms with Gasteiger partial charge in [0.2, 0.25) is 0 Å². The number of nitrogens with two attached hydrogens (primary N) is 1. The van der Waals surface area contributed by atoms with Crippen LogP contribution in [-0.2, 0) is 16.1 Å². The molecule has 1 aromatic rings. The number of hydrogen-bond donors (Lipinski definition) is 1. The van der Waals surface area contributed by atoms with Crippen LogP contribution in [0.15, 0.2) is 18.2 Å². The zero-order valence-electron chi connectivity index (χ0n) is 13.9. The van der Waals surface area contributed by atoms with Crippen molar-refractivity contribution in [3.05, 3.63) is 29.3 Å². The zero-order valence-corrected chi connectivity index (χ0v) is 13.9. The van der Waals surface area contributed by atoms with Crippen LogP contribution in [0.2, 0.25) is 0 Å². The molecule has 1 aromatic carbocycles. The van der Waals surface area contributed by atoms with Crippen LogP contribution in [-0.4, -0.2) is 25.9 Å². The third-order valence-corrected chi connectivity index (χ3v) is 3.57. The van der Waals surface area contributed by atoms with Gasteiger partial charge in [-0.2, -0.15) is 0 Å². The van der Waals surface area contributed by atoms with Gasteiger partial charge in [-0.15, -0.1) is 0 Å². The van der Waals surface area contributed by atoms with Gasteiger partial charge in [0.25, 0.3) is 0 Å². The van der Waals surface area contributed by atoms with E-state index in [-0.39, 0.29) is 11.6 Å². The van der Waals surface area contributed by atoms with Gasteiger partial charge in [0.15, 0.2) is 0 Å². The van der Waals surface area contributed by atoms with E-state index in [0.717, 1.165) is 23.3 Å². The molecule has 0 saturated heterocycles. The lowest BCUT2D eigenvalue weighted by molar-refractivity contribution is -0.0126. The SMILES string of the molecule is CCOc1ccc(C(C)N)cc1COCCC(C)(C)OC. The Balaban J connectivity index is 2.65. The van der Waals surface area contributed by atoms with Crippen molar-refractivity contribution in [2.24, 2.45) is 5.73 Å². The highest BCUT2D eigenvalue weighted by molar-refractivity contribution is 5.38. The minimum Gasteiger partial charge on any atom is -0.494 e. The van der Waals surface area contributed by atoms with Crippen LogP contribution < -0.4 is 10.5 Å². The standard InChI is InChI=1S/C17H29NO3/c1-6-21-16-8-7-14(13(2)18)11-15(16)12-20-10-9-17(3,4)19-5/h7-8,11,13H,6,9-10,12,18H2,1-5H3. The highest BCUT2D eigenvalue weighted by atomic mass is 16.5. The van der Waals surface area contributed by atoms with Crippen LogP contribution in [0.5, 0.6) is 5.75 Å². The van der Waals surface area contributed by atoms with Gasteiger partial charge < -0.3 is 19.9 Å². The number of benzene rings is 1. The van der Waals surface area contributed by atoms with Gasteiger partial charge in [0.05, 0.1) is 18.8 Å². The van der Waals surface area contributed by atoms with E-state index in [1.54, 1.807) is 7.11 Å². The minimum absolute atomic E-state index is 0.00634. The molecule has 0 spiro atoms. The maximum Gasteiger partial charge on any atom is 0.124 e. The summed E-state index contributed by atoms with van der Waals surface area (Å²) in [5.74, 6) is 0.868. The van der Waals surface area contributed by atoms with E-state index in [0.29, 0.717) is 19.8 Å². The van der Waals surface area contributed by atoms with Gasteiger partial charge in [-0.3, -0.25) is 0 Å². The monoisotopic (exact) mass is 295 g/mol. The Morgan fingerprint density at radius 2 is 2.00 bits per heavy atom. The van der Waals surface area contributed by atoms with Crippen molar-refractivity contribution in [2.45, 2.75) is 52.4 Å². The summed E-state index contributed by atoms with van der Waals surface area (Å²) in [4.78, 5) is 0. The predicted octanol–water partition coefficient (Wildman–Crippen LogP) is 3.44. The van der Waals surface area contributed by atoms with Gasteiger partial charge in [0.1, 0.15) is 5.75 Å². The molecule has 1 unspecified atom stereocenters. The van der Waals surface area contributed by atoms with E-state index in [4.69, 9.17) is 19.9 Å². The smallest absolute Gasteiger partial charge is 0.124 e. The Labute approximate surface area is 128 Å². The van der Waals surface area contributed by atoms with Crippen molar-refractivity contribution in [1.82, 2.24) is 0 Å². The second-order valence-corrected chi connectivity index (χ2v) is 5.86. The molecule has 0 radical (unpaired) electrons. The lowest BCUT2D eigenvalue weighted by atomic mass is 10.0. The Hall–Kier alpha value is -1.10. The van der Waals surface area contributed by atoms with E-state index < -0.39 is 0 Å². The van der Waals surface area contributed by atoms with E-state index in [1.165, 1.54) is 0 Å². The quantitative estimate of drug-likeness (QED) is 0.709. The second-order valence-electron chi connectivity index (χ2n) is 5.86. The molecule has 1 rings (SSSR count). The fourth-order valence-electron chi connectivity index (χ4n) is 1.89. The third kappa shape index (κ3) is 6.04. The number of rotatable bonds is 9. The average molecular weight is 295 g/mol. The molecule has 0 bridgehead atoms. The van der Waals surface area contributed by atoms with Crippen LogP contribution in [0, 0.1) is 0 Å². The van der Waals surface area contributed by atoms with Gasteiger partial charge in [-0.05, 0) is 51.8 Å². The van der Waals surface area contributed by atoms with Crippen LogP contribution >= 0.6 is 0 Å². The number of hydrogen-bond acceptors (Lipinski definition) is 4. The second kappa shape index (κ2) is 8.37. The van der Waals surface area contributed by atoms with E-state index >= 15 is 0 Å². The van der Waals surface area contributed by atoms with Crippen molar-refractivity contribution in [3.63, 3.8) is 0 Å². The van der Waals surface area contributed by atoms with Gasteiger partial charge in [0, 0.05) is 25.3 Å². The molecular formula is C17H29NO3. The predicted molar refractivity (Wildman–Crippen MR) is 85.6 cm³/mol. The fourth-order valence-corrected chi connectivity index (χ4v) is 1.89. The molecule has 0 saturated carbocycles. The molecule has 0 heterocycles. The van der Waals surface area contributed by atoms with Gasteiger partial charge in [-0.25, -0.2) is 0 Å². The van der Waals surface area contributed by atoms with Gasteiger partial charge >= 0.3 is 0 Å². The first-order valence-corrected chi connectivity index (χ1v) is 7.53. The normalized spacial score (nSPS) is 13.2. The molecule has 0 amide bonds. The summed E-state index contributed by atoms with van der Waals surface area (Å²) in [7, 11) is 1.72. The molecule has 0 fully saturated rings. The van der Waals surface area contributed by atoms with Crippen molar-refractivity contribution in [2.75, 3.05) is 20.3 Å². The van der Waals surface area contributed by atoms with E-state index in [9.17, 15) is 0 Å². The molecule has 0 aliphatic carbocycles. The van der Waals surface area contributed by atoms with Crippen LogP contribution in [0.3, 0.4) is 0 Å². The largest absolute Gasteiger partial charge is 0.494 e. The number of methoxy groups -OCH3 is 1. The Morgan fingerprint density at radius 1 is 1.29 bits per heavy atom. The molecule has 2 N–H and O–H groups in total. The Bertz CT molecular complexity index is 430. The molecule has 0 aliphatic rings. The molecule has 21 heavy (non-hydrogen) atoms. The minimum atomic E-state index is -0.156. The molecular weight excluding hydrogens is 266 g/mol. The van der Waals surface area contributed by atoms with Crippen molar-refractivity contribution in [1.29, 1.82) is 0 Å². The summed E-state index contributed by atoms with van der Waals surface area (Å²) >= 11 is 0. The van der Waals surface area contributed by atoms with Crippen molar-refractivity contribution < 1.29 is 14.2 Å². The molecule has 1 atom stereocenters. The molecule has 0 aromatic heterocycles. The third-order valence-electron chi connectivity index (χ3n) is 3.57. The summed E-state index contributed by atoms with van der Waals surface area (Å²) in [6.45, 7) is 9.87. The highest BCUT2D eigenvalue weighted by Crippen LogP contribution is 2.24. The Kier molecular flexibility index (Phi) is 7.15. The van der Waals surface area contributed by atoms with Crippen LogP contribution in [0.4, 0.5) is 0 Å². The highest BCUT2D eigenvalue weighted by Gasteiger charge is 2.16. The first-order chi connectivity index (χ1) is 9.89. The summed E-state index contributed by atoms with van der Waals surface area (Å²) < 4.78 is 16.8. The van der Waals surface area contributed by atoms with E-state index in [2.05, 4.69) is 19.9 Å². The van der Waals surface area contributed by atoms with E-state index in [1.807, 2.05) is 26.0 Å². The van der Waals surface area contributed by atoms with Gasteiger partial charge in [-0.1, -0.05) is 6.07 Å². The fraction of sp³-hybridized carbons (Fsp3) is 0.647. The number of ether oxygens (including phenoxy) is 3. The molecule has 4 heteroatoms. The van der Waals surface area contributed by atoms with Crippen LogP contribution in [0.25, 0.3) is 0 Å². The average Bonchev–Trinajstić information content (AvgIpc) is 2.45.